The topological polar surface area (TPSA) is 75.0 Å². The zero-order chi connectivity index (χ0) is 20.8. The van der Waals surface area contributed by atoms with E-state index < -0.39 is 0 Å². The van der Waals surface area contributed by atoms with Gasteiger partial charge < -0.3 is 14.3 Å². The third kappa shape index (κ3) is 4.99. The van der Waals surface area contributed by atoms with Crippen molar-refractivity contribution in [3.63, 3.8) is 0 Å². The zero-order valence-corrected chi connectivity index (χ0v) is 17.4. The first-order valence-corrected chi connectivity index (χ1v) is 10.6. The summed E-state index contributed by atoms with van der Waals surface area (Å²) >= 11 is 1.27. The number of carbonyl (C=O) groups is 1. The van der Waals surface area contributed by atoms with E-state index in [9.17, 15) is 4.79 Å². The molecule has 0 aliphatic rings. The quantitative estimate of drug-likeness (QED) is 0.417. The Morgan fingerprint density at radius 2 is 1.60 bits per heavy atom. The molecule has 0 fully saturated rings. The number of aromatic nitrogens is 3. The van der Waals surface area contributed by atoms with Crippen molar-refractivity contribution in [2.24, 2.45) is 0 Å². The Bertz CT molecular complexity index is 1020. The summed E-state index contributed by atoms with van der Waals surface area (Å²) in [4.78, 5) is 18.2. The van der Waals surface area contributed by atoms with Gasteiger partial charge in [0.15, 0.2) is 0 Å². The molecule has 1 atom stereocenters. The number of hydrogen-bond acceptors (Lipinski definition) is 5. The van der Waals surface area contributed by atoms with Crippen LogP contribution in [0.25, 0.3) is 11.6 Å². The average Bonchev–Trinajstić information content (AvgIpc) is 3.46. The Morgan fingerprint density at radius 3 is 2.17 bits per heavy atom. The molecule has 0 radical (unpaired) electrons. The maximum atomic E-state index is 13.3. The van der Waals surface area contributed by atoms with Crippen LogP contribution < -0.4 is 0 Å². The lowest BCUT2D eigenvalue weighted by atomic mass is 10.1. The highest BCUT2D eigenvalue weighted by Gasteiger charge is 2.24. The van der Waals surface area contributed by atoms with Gasteiger partial charge in [-0.25, -0.2) is 0 Å². The van der Waals surface area contributed by atoms with E-state index in [-0.39, 0.29) is 11.2 Å². The van der Waals surface area contributed by atoms with Gasteiger partial charge in [-0.1, -0.05) is 72.4 Å². The van der Waals surface area contributed by atoms with Gasteiger partial charge in [0.2, 0.25) is 5.91 Å². The average molecular weight is 419 g/mol. The van der Waals surface area contributed by atoms with Gasteiger partial charge in [0.05, 0.1) is 5.25 Å². The van der Waals surface area contributed by atoms with Crippen LogP contribution in [-0.4, -0.2) is 31.2 Å². The summed E-state index contributed by atoms with van der Waals surface area (Å²) in [6.45, 7) is 2.95. The van der Waals surface area contributed by atoms with Gasteiger partial charge in [-0.05, 0) is 30.2 Å². The molecule has 30 heavy (non-hydrogen) atoms. The van der Waals surface area contributed by atoms with Crippen molar-refractivity contribution in [3.05, 3.63) is 90.1 Å². The Labute approximate surface area is 179 Å². The highest BCUT2D eigenvalue weighted by Crippen LogP contribution is 2.27. The van der Waals surface area contributed by atoms with Gasteiger partial charge in [-0.15, -0.1) is 10.2 Å². The predicted octanol–water partition coefficient (Wildman–Crippen LogP) is 4.77. The smallest absolute Gasteiger partial charge is 0.277 e. The summed E-state index contributed by atoms with van der Waals surface area (Å²) in [6, 6.07) is 23.7. The maximum Gasteiger partial charge on any atom is 0.277 e. The highest BCUT2D eigenvalue weighted by molar-refractivity contribution is 8.00. The number of aromatic amines is 1. The predicted molar refractivity (Wildman–Crippen MR) is 117 cm³/mol. The molecule has 2 aromatic carbocycles. The van der Waals surface area contributed by atoms with Gasteiger partial charge >= 0.3 is 0 Å². The number of nitrogens with one attached hydrogen (secondary N) is 1. The van der Waals surface area contributed by atoms with Crippen LogP contribution in [0.5, 0.6) is 0 Å². The largest absolute Gasteiger partial charge is 0.410 e. The monoisotopic (exact) mass is 418 g/mol. The molecular formula is C23H22N4O2S. The first-order valence-electron chi connectivity index (χ1n) is 9.69. The lowest BCUT2D eigenvalue weighted by Crippen LogP contribution is -2.35. The molecule has 0 unspecified atom stereocenters. The van der Waals surface area contributed by atoms with Crippen LogP contribution in [0, 0.1) is 0 Å². The number of rotatable bonds is 8. The van der Waals surface area contributed by atoms with E-state index in [4.69, 9.17) is 4.42 Å². The summed E-state index contributed by atoms with van der Waals surface area (Å²) in [5.41, 5.74) is 2.93. The molecule has 6 nitrogen and oxygen atoms in total. The van der Waals surface area contributed by atoms with Crippen LogP contribution in [0.2, 0.25) is 0 Å². The van der Waals surface area contributed by atoms with Crippen molar-refractivity contribution in [1.29, 1.82) is 0 Å². The highest BCUT2D eigenvalue weighted by atomic mass is 32.2. The van der Waals surface area contributed by atoms with Crippen molar-refractivity contribution in [2.45, 2.75) is 30.5 Å². The summed E-state index contributed by atoms with van der Waals surface area (Å²) in [5.74, 6) is 0.430. The molecule has 2 aromatic heterocycles. The maximum absolute atomic E-state index is 13.3. The van der Waals surface area contributed by atoms with Crippen LogP contribution in [0.15, 0.2) is 88.6 Å². The van der Waals surface area contributed by atoms with E-state index in [0.29, 0.717) is 24.2 Å². The molecule has 0 saturated carbocycles. The summed E-state index contributed by atoms with van der Waals surface area (Å²) < 4.78 is 5.70. The fourth-order valence-corrected chi connectivity index (χ4v) is 3.88. The molecule has 152 valence electrons. The first kappa shape index (κ1) is 20.0. The Hall–Kier alpha value is -3.32. The van der Waals surface area contributed by atoms with Crippen molar-refractivity contribution in [1.82, 2.24) is 20.1 Å². The minimum Gasteiger partial charge on any atom is -0.410 e. The van der Waals surface area contributed by atoms with E-state index in [1.165, 1.54) is 11.8 Å². The SMILES string of the molecule is C[C@H](Sc1nnc(-c2ccc[nH]2)o1)C(=O)N(Cc1ccccc1)Cc1ccccc1. The second-order valence-corrected chi connectivity index (χ2v) is 8.17. The van der Waals surface area contributed by atoms with Crippen molar-refractivity contribution in [3.8, 4) is 11.6 Å². The second kappa shape index (κ2) is 9.45. The summed E-state index contributed by atoms with van der Waals surface area (Å²) in [6.07, 6.45) is 1.80. The zero-order valence-electron chi connectivity index (χ0n) is 16.6. The van der Waals surface area contributed by atoms with E-state index >= 15 is 0 Å². The van der Waals surface area contributed by atoms with E-state index in [0.717, 1.165) is 16.8 Å². The number of carbonyl (C=O) groups excluding carboxylic acids is 1. The van der Waals surface area contributed by atoms with Crippen LogP contribution in [0.1, 0.15) is 18.1 Å². The second-order valence-electron chi connectivity index (χ2n) is 6.88. The molecule has 0 spiro atoms. The molecular weight excluding hydrogens is 396 g/mol. The molecule has 4 rings (SSSR count). The fourth-order valence-electron chi connectivity index (χ4n) is 3.11. The normalized spacial score (nSPS) is 11.9. The minimum atomic E-state index is -0.366. The third-order valence-corrected chi connectivity index (χ3v) is 5.53. The Kier molecular flexibility index (Phi) is 6.29. The van der Waals surface area contributed by atoms with Crippen LogP contribution in [0.3, 0.4) is 0 Å². The Balaban J connectivity index is 1.48. The fraction of sp³-hybridized carbons (Fsp3) is 0.174. The molecule has 0 aliphatic carbocycles. The van der Waals surface area contributed by atoms with Crippen LogP contribution >= 0.6 is 11.8 Å². The van der Waals surface area contributed by atoms with E-state index in [2.05, 4.69) is 15.2 Å². The molecule has 0 bridgehead atoms. The number of nitrogens with zero attached hydrogens (tertiary/aromatic N) is 3. The van der Waals surface area contributed by atoms with Gasteiger partial charge in [-0.3, -0.25) is 4.79 Å². The molecule has 1 N–H and O–H groups in total. The molecule has 0 aliphatic heterocycles. The molecule has 2 heterocycles. The lowest BCUT2D eigenvalue weighted by Gasteiger charge is -2.25. The van der Waals surface area contributed by atoms with E-state index in [1.807, 2.05) is 84.6 Å². The number of H-pyrrole nitrogens is 1. The number of benzene rings is 2. The number of hydrogen-bond donors (Lipinski definition) is 1. The van der Waals surface area contributed by atoms with E-state index in [1.54, 1.807) is 6.20 Å². The first-order chi connectivity index (χ1) is 14.7. The van der Waals surface area contributed by atoms with Gasteiger partial charge in [-0.2, -0.15) is 0 Å². The molecule has 4 aromatic rings. The van der Waals surface area contributed by atoms with Gasteiger partial charge in [0.1, 0.15) is 5.69 Å². The van der Waals surface area contributed by atoms with Crippen LogP contribution in [-0.2, 0) is 17.9 Å². The number of thioether (sulfide) groups is 1. The summed E-state index contributed by atoms with van der Waals surface area (Å²) in [5, 5.41) is 8.14. The molecule has 0 saturated heterocycles. The summed E-state index contributed by atoms with van der Waals surface area (Å²) in [7, 11) is 0. The van der Waals surface area contributed by atoms with Gasteiger partial charge in [0, 0.05) is 19.3 Å². The molecule has 7 heteroatoms. The standard InChI is InChI=1S/C23H22N4O2S/c1-17(30-23-26-25-21(29-23)20-13-8-14-24-20)22(28)27(15-18-9-4-2-5-10-18)16-19-11-6-3-7-12-19/h2-14,17,24H,15-16H2,1H3/t17-/m0/s1. The van der Waals surface area contributed by atoms with Crippen molar-refractivity contribution >= 4 is 17.7 Å². The van der Waals surface area contributed by atoms with Crippen LogP contribution in [0.4, 0.5) is 0 Å². The van der Waals surface area contributed by atoms with Crippen molar-refractivity contribution < 1.29 is 9.21 Å². The Morgan fingerprint density at radius 1 is 0.967 bits per heavy atom. The number of amides is 1. The minimum absolute atomic E-state index is 0.0207. The molecule has 1 amide bonds. The van der Waals surface area contributed by atoms with Crippen molar-refractivity contribution in [2.75, 3.05) is 0 Å². The third-order valence-electron chi connectivity index (χ3n) is 4.60. The lowest BCUT2D eigenvalue weighted by molar-refractivity contribution is -0.131. The van der Waals surface area contributed by atoms with Gasteiger partial charge in [0.25, 0.3) is 11.1 Å².